The SMILES string of the molecule is C=CC(=O)NC1CCCC(C(C)C)C1.CC(C)C1CCC(O)CC1.CC(C)C1CCCC(N2CCC(F)(F)CC2)C1.CC(C)C1CCCC(N2CCCC(F)(F)C2)C1.CC(C)C1CCCC(N2CCOCC2=O)C1.CC(C)C1CCCC(NC(=O)OC(C)(C)C)C1.CC(C)C1CCCC(NC2CCOC2)C1.CC(C)C1CCCC(NCCO)C1.CC(C)C1CCCC(NS(C)(=O)=O)C1.CC(C)C1CCCC(O)(CO)C1. The summed E-state index contributed by atoms with van der Waals surface area (Å²) in [5.41, 5.74) is -1.18. The van der Waals surface area contributed by atoms with Crippen molar-refractivity contribution in [1.29, 1.82) is 0 Å². The lowest BCUT2D eigenvalue weighted by molar-refractivity contribution is -0.147. The topological polar surface area (TPSA) is 264 Å². The van der Waals surface area contributed by atoms with Crippen molar-refractivity contribution < 1.29 is 75.0 Å². The Hall–Kier alpha value is -2.82. The number of piperidine rings is 2. The van der Waals surface area contributed by atoms with E-state index in [-0.39, 0.29) is 69.1 Å². The zero-order valence-electron chi connectivity index (χ0n) is 97.2. The van der Waals surface area contributed by atoms with Crippen molar-refractivity contribution in [3.63, 3.8) is 0 Å². The van der Waals surface area contributed by atoms with Gasteiger partial charge in [0.05, 0.1) is 50.9 Å². The number of amides is 3. The summed E-state index contributed by atoms with van der Waals surface area (Å²) in [4.78, 5) is 41.0. The molecule has 4 saturated heterocycles. The number of halogens is 4. The van der Waals surface area contributed by atoms with Crippen LogP contribution in [0.5, 0.6) is 0 Å². The number of ether oxygens (including phenoxy) is 3. The van der Waals surface area contributed by atoms with Crippen molar-refractivity contribution >= 4 is 27.9 Å². The van der Waals surface area contributed by atoms with E-state index in [2.05, 4.69) is 186 Å². The van der Waals surface area contributed by atoms with Gasteiger partial charge < -0.3 is 60.8 Å². The number of aliphatic hydroxyl groups is 4. The Morgan fingerprint density at radius 2 is 0.841 bits per heavy atom. The van der Waals surface area contributed by atoms with Gasteiger partial charge in [0.15, 0.2) is 0 Å². The fourth-order valence-electron chi connectivity index (χ4n) is 25.8. The maximum Gasteiger partial charge on any atom is 0.407 e. The molecule has 4 heterocycles. The molecule has 854 valence electrons. The van der Waals surface area contributed by atoms with Gasteiger partial charge in [-0.1, -0.05) is 254 Å². The van der Waals surface area contributed by atoms with Crippen LogP contribution in [0.15, 0.2) is 12.7 Å². The molecule has 19 unspecified atom stereocenters. The van der Waals surface area contributed by atoms with Gasteiger partial charge in [-0.25, -0.2) is 35.5 Å². The van der Waals surface area contributed by atoms with Crippen LogP contribution >= 0.6 is 0 Å². The predicted octanol–water partition coefficient (Wildman–Crippen LogP) is 26.0. The predicted molar refractivity (Wildman–Crippen MR) is 593 cm³/mol. The van der Waals surface area contributed by atoms with Gasteiger partial charge in [-0.3, -0.25) is 19.4 Å². The molecule has 25 heteroatoms. The van der Waals surface area contributed by atoms with Crippen LogP contribution in [0.1, 0.15) is 448 Å². The molecule has 0 radical (unpaired) electrons. The molecule has 0 aromatic rings. The number of nitrogens with zero attached hydrogens (tertiary/aromatic N) is 3. The Morgan fingerprint density at radius 1 is 0.441 bits per heavy atom. The van der Waals surface area contributed by atoms with E-state index >= 15 is 0 Å². The monoisotopic (exact) mass is 2080 g/mol. The minimum absolute atomic E-state index is 0.00246. The molecule has 3 amide bonds. The zero-order chi connectivity index (χ0) is 108. The summed E-state index contributed by atoms with van der Waals surface area (Å²) in [7, 11) is -3.02. The van der Waals surface area contributed by atoms with Gasteiger partial charge >= 0.3 is 6.09 Å². The van der Waals surface area contributed by atoms with E-state index in [1.54, 1.807) is 0 Å². The Labute approximate surface area is 886 Å². The van der Waals surface area contributed by atoms with E-state index in [1.165, 1.54) is 186 Å². The highest BCUT2D eigenvalue weighted by atomic mass is 32.2. The molecule has 10 aliphatic carbocycles. The number of hydrogen-bond donors (Lipinski definition) is 9. The molecule has 0 aromatic carbocycles. The second kappa shape index (κ2) is 68.5. The standard InChI is InChI=1S/2C14H25F2N.C14H27NO2.C13H23NO2.C13H25NO.C12H21NO.C11H23NO.C10H21NO2S.C10H20O2.C9H18O/c1-11(2)12-5-3-6-13(9-12)17-8-4-7-14(15,16)10-17;1-11(2)12-4-3-5-13(10-12)17-8-6-14(15,16)7-9-17;1-10(2)11-7-6-8-12(9-11)15-13(16)17-14(3,4)5;1-10(2)11-4-3-5-12(8-11)14-6-7-16-9-13(14)15;1-10(2)11-4-3-5-12(8-11)14-13-6-7-15-9-13;1-4-12(14)13-11-7-5-6-10(8-11)9(2)3;1-9(2)10-4-3-5-11(8-10)12-6-7-13;1-8(2)9-5-4-6-10(7-9)11-14(3,12)13;1-8(2)9-4-3-5-10(12,6-9)7-11;1-7(2)8-3-5-9(10)6-4-8/h2*11-13H,3-10H2,1-2H3;10-12H,6-9H2,1-5H3,(H,15,16);10-12H,3-9H2,1-2H3;10-14H,3-9H2,1-2H3;4,9-11H,1,5-8H2,2-3H3,(H,13,14);9-13H,3-8H2,1-2H3;8-11H,4-7H2,1-3H3;8-9,11-12H,3-7H2,1-2H3;7-10H,3-6H2,1-2H3. The molecule has 19 atom stereocenters. The van der Waals surface area contributed by atoms with Crippen LogP contribution in [0.4, 0.5) is 22.4 Å². The number of hydrogen-bond acceptors (Lipinski definition) is 16. The average Bonchev–Trinajstić information content (AvgIpc) is 1.24. The lowest BCUT2D eigenvalue weighted by atomic mass is 9.74. The molecule has 14 fully saturated rings. The third-order valence-electron chi connectivity index (χ3n) is 36.0. The van der Waals surface area contributed by atoms with Crippen molar-refractivity contribution in [2.24, 2.45) is 118 Å². The van der Waals surface area contributed by atoms with Gasteiger partial charge in [-0.2, -0.15) is 0 Å². The molecule has 20 nitrogen and oxygen atoms in total. The number of carbonyl (C=O) groups excluding carboxylic acids is 3. The summed E-state index contributed by atoms with van der Waals surface area (Å²) in [6.07, 6.45) is 52.5. The quantitative estimate of drug-likeness (QED) is 0.0321. The summed E-state index contributed by atoms with van der Waals surface area (Å²) >= 11 is 0. The third-order valence-corrected chi connectivity index (χ3v) is 36.7. The van der Waals surface area contributed by atoms with Crippen LogP contribution in [0.2, 0.25) is 0 Å². The Balaban J connectivity index is 0.000000284. The molecular formula is C120H228F4N8O12S. The number of likely N-dealkylation sites (tertiary alicyclic amines) is 2. The first-order valence-corrected chi connectivity index (χ1v) is 61.8. The first-order valence-electron chi connectivity index (χ1n) is 59.9. The van der Waals surface area contributed by atoms with Gasteiger partial charge in [0.2, 0.25) is 21.8 Å². The largest absolute Gasteiger partial charge is 0.444 e. The Morgan fingerprint density at radius 3 is 1.26 bits per heavy atom. The lowest BCUT2D eigenvalue weighted by Crippen LogP contribution is -2.49. The summed E-state index contributed by atoms with van der Waals surface area (Å²) in [5.74, 6) is 10.6. The number of nitrogens with one attached hydrogen (secondary N) is 5. The Kier molecular flexibility index (Phi) is 62.7. The molecular weight excluding hydrogens is 1850 g/mol. The third kappa shape index (κ3) is 54.4. The smallest absolute Gasteiger partial charge is 0.407 e. The summed E-state index contributed by atoms with van der Waals surface area (Å²) in [6.45, 7) is 61.4. The normalized spacial score (nSPS) is 32.3. The van der Waals surface area contributed by atoms with E-state index in [9.17, 15) is 50.6 Å². The van der Waals surface area contributed by atoms with Crippen molar-refractivity contribution in [1.82, 2.24) is 40.7 Å². The highest BCUT2D eigenvalue weighted by molar-refractivity contribution is 7.88. The van der Waals surface area contributed by atoms with Gasteiger partial charge in [-0.15, -0.1) is 0 Å². The average molecular weight is 2080 g/mol. The first-order chi connectivity index (χ1) is 68.2. The van der Waals surface area contributed by atoms with Crippen molar-refractivity contribution in [3.05, 3.63) is 12.7 Å². The number of sulfonamides is 1. The van der Waals surface area contributed by atoms with Crippen LogP contribution in [0.3, 0.4) is 0 Å². The summed E-state index contributed by atoms with van der Waals surface area (Å²) in [5, 5.41) is 49.9. The number of alkyl carbamates (subject to hydrolysis) is 1. The van der Waals surface area contributed by atoms with E-state index in [0.717, 1.165) is 212 Å². The number of morpholine rings is 1. The molecule has 14 rings (SSSR count). The molecule has 145 heavy (non-hydrogen) atoms. The highest BCUT2D eigenvalue weighted by Gasteiger charge is 2.43. The van der Waals surface area contributed by atoms with E-state index < -0.39 is 33.1 Å². The summed E-state index contributed by atoms with van der Waals surface area (Å²) in [6, 6.07) is 4.39. The second-order valence-corrected chi connectivity index (χ2v) is 54.0. The molecule has 0 bridgehead atoms. The van der Waals surface area contributed by atoms with Crippen LogP contribution in [0.25, 0.3) is 0 Å². The van der Waals surface area contributed by atoms with Crippen molar-refractivity contribution in [2.45, 2.75) is 532 Å². The lowest BCUT2D eigenvalue weighted by Gasteiger charge is -2.42. The Bertz CT molecular complexity index is 3530. The fraction of sp³-hybridized carbons (Fsp3) is 0.958. The van der Waals surface area contributed by atoms with Gasteiger partial charge in [0, 0.05) is 106 Å². The zero-order valence-corrected chi connectivity index (χ0v) is 98.0. The first kappa shape index (κ1) is 133. The maximum atomic E-state index is 13.4. The van der Waals surface area contributed by atoms with E-state index in [4.69, 9.17) is 24.4 Å². The second-order valence-electron chi connectivity index (χ2n) is 52.2. The van der Waals surface area contributed by atoms with Gasteiger partial charge in [-0.05, 0) is 312 Å². The number of rotatable bonds is 24. The van der Waals surface area contributed by atoms with Gasteiger partial charge in [0.1, 0.15) is 12.2 Å². The molecule has 10 saturated carbocycles. The molecule has 0 aromatic heterocycles. The number of aliphatic hydroxyl groups excluding tert-OH is 3. The fourth-order valence-corrected chi connectivity index (χ4v) is 26.7. The van der Waals surface area contributed by atoms with Crippen LogP contribution in [0, 0.1) is 118 Å². The van der Waals surface area contributed by atoms with E-state index in [0.29, 0.717) is 111 Å². The molecule has 14 aliphatic rings. The number of alkyl halides is 4. The van der Waals surface area contributed by atoms with Gasteiger partial charge in [0.25, 0.3) is 11.8 Å². The van der Waals surface area contributed by atoms with E-state index in [1.807, 2.05) is 20.8 Å². The maximum absolute atomic E-state index is 13.4. The molecule has 9 N–H and O–H groups in total. The minimum Gasteiger partial charge on any atom is -0.444 e. The summed E-state index contributed by atoms with van der Waals surface area (Å²) < 4.78 is 93.8. The minimum atomic E-state index is -3.02. The number of carbonyl (C=O) groups is 3. The molecule has 0 spiro atoms. The van der Waals surface area contributed by atoms with Crippen molar-refractivity contribution in [2.75, 3.05) is 85.2 Å². The van der Waals surface area contributed by atoms with Crippen LogP contribution in [-0.4, -0.2) is 230 Å². The van der Waals surface area contributed by atoms with Crippen LogP contribution < -0.4 is 26.0 Å². The van der Waals surface area contributed by atoms with Crippen LogP contribution in [-0.2, 0) is 33.8 Å². The highest BCUT2D eigenvalue weighted by Crippen LogP contribution is 2.43. The van der Waals surface area contributed by atoms with Crippen molar-refractivity contribution in [3.8, 4) is 0 Å². The molecule has 4 aliphatic heterocycles.